The molecule has 0 aliphatic rings. The molecular formula is C19H27N5OS. The molecule has 2 rings (SSSR count). The minimum absolute atomic E-state index is 0.181. The number of benzene rings is 1. The number of carbonyl (C=O) groups excluding carboxylic acids is 1. The molecule has 0 bridgehead atoms. The SMILES string of the molecule is Cc1ccc(Cn2nc(C)c(C(=O)NNC(=S)NC(C)(C)C)c2C)cc1. The number of carbonyl (C=O) groups is 1. The van der Waals surface area contributed by atoms with Crippen molar-refractivity contribution in [3.05, 3.63) is 52.3 Å². The second-order valence-corrected chi connectivity index (χ2v) is 7.88. The lowest BCUT2D eigenvalue weighted by atomic mass is 10.1. The van der Waals surface area contributed by atoms with E-state index in [0.29, 0.717) is 22.9 Å². The van der Waals surface area contributed by atoms with E-state index in [0.717, 1.165) is 11.3 Å². The van der Waals surface area contributed by atoms with Crippen molar-refractivity contribution in [3.63, 3.8) is 0 Å². The predicted molar refractivity (Wildman–Crippen MR) is 108 cm³/mol. The van der Waals surface area contributed by atoms with Gasteiger partial charge < -0.3 is 5.32 Å². The highest BCUT2D eigenvalue weighted by molar-refractivity contribution is 7.80. The van der Waals surface area contributed by atoms with Crippen LogP contribution in [0.3, 0.4) is 0 Å². The standard InChI is InChI=1S/C19H27N5OS/c1-12-7-9-15(10-8-12)11-24-14(3)16(13(2)23-24)17(25)21-22-18(26)20-19(4,5)6/h7-10H,11H2,1-6H3,(H,21,25)(H2,20,22,26). The van der Waals surface area contributed by atoms with Crippen molar-refractivity contribution < 1.29 is 4.79 Å². The molecule has 1 amide bonds. The van der Waals surface area contributed by atoms with Gasteiger partial charge in [-0.2, -0.15) is 5.10 Å². The lowest BCUT2D eigenvalue weighted by Crippen LogP contribution is -2.52. The van der Waals surface area contributed by atoms with Gasteiger partial charge in [-0.05, 0) is 59.3 Å². The zero-order valence-corrected chi connectivity index (χ0v) is 17.0. The largest absolute Gasteiger partial charge is 0.357 e. The Morgan fingerprint density at radius 3 is 2.31 bits per heavy atom. The van der Waals surface area contributed by atoms with Crippen LogP contribution in [-0.4, -0.2) is 26.3 Å². The molecule has 3 N–H and O–H groups in total. The molecule has 0 spiro atoms. The molecule has 26 heavy (non-hydrogen) atoms. The summed E-state index contributed by atoms with van der Waals surface area (Å²) in [6.45, 7) is 12.4. The Balaban J connectivity index is 2.07. The van der Waals surface area contributed by atoms with E-state index < -0.39 is 0 Å². The predicted octanol–water partition coefficient (Wildman–Crippen LogP) is 2.76. The van der Waals surface area contributed by atoms with Gasteiger partial charge in [-0.1, -0.05) is 29.8 Å². The number of hydrogen-bond donors (Lipinski definition) is 3. The average Bonchev–Trinajstić information content (AvgIpc) is 2.80. The third-order valence-corrected chi connectivity index (χ3v) is 4.04. The number of nitrogens with zero attached hydrogens (tertiary/aromatic N) is 2. The summed E-state index contributed by atoms with van der Waals surface area (Å²) in [5.74, 6) is -0.256. The highest BCUT2D eigenvalue weighted by Crippen LogP contribution is 2.15. The maximum absolute atomic E-state index is 12.6. The number of thiocarbonyl (C=S) groups is 1. The molecule has 1 heterocycles. The van der Waals surface area contributed by atoms with Gasteiger partial charge in [0.2, 0.25) is 0 Å². The van der Waals surface area contributed by atoms with Gasteiger partial charge in [-0.15, -0.1) is 0 Å². The van der Waals surface area contributed by atoms with Crippen LogP contribution in [0.4, 0.5) is 0 Å². The van der Waals surface area contributed by atoms with E-state index in [1.54, 1.807) is 0 Å². The molecule has 0 saturated heterocycles. The lowest BCUT2D eigenvalue weighted by Gasteiger charge is -2.23. The van der Waals surface area contributed by atoms with E-state index in [4.69, 9.17) is 12.2 Å². The Bertz CT molecular complexity index is 803. The van der Waals surface area contributed by atoms with Gasteiger partial charge in [0.05, 0.1) is 17.8 Å². The van der Waals surface area contributed by atoms with Gasteiger partial charge in [0.1, 0.15) is 0 Å². The summed E-state index contributed by atoms with van der Waals surface area (Å²) in [5, 5.41) is 7.97. The van der Waals surface area contributed by atoms with Crippen molar-refractivity contribution in [2.24, 2.45) is 0 Å². The number of aryl methyl sites for hydroxylation is 2. The number of hydrazine groups is 1. The van der Waals surface area contributed by atoms with Crippen LogP contribution in [0.25, 0.3) is 0 Å². The van der Waals surface area contributed by atoms with Crippen molar-refractivity contribution >= 4 is 23.2 Å². The van der Waals surface area contributed by atoms with E-state index in [-0.39, 0.29) is 11.4 Å². The molecule has 0 saturated carbocycles. The fourth-order valence-corrected chi connectivity index (χ4v) is 2.95. The lowest BCUT2D eigenvalue weighted by molar-refractivity contribution is 0.0942. The molecule has 0 fully saturated rings. The van der Waals surface area contributed by atoms with Crippen LogP contribution >= 0.6 is 12.2 Å². The van der Waals surface area contributed by atoms with E-state index in [9.17, 15) is 4.79 Å². The summed E-state index contributed by atoms with van der Waals surface area (Å²) in [6, 6.07) is 8.29. The van der Waals surface area contributed by atoms with Crippen molar-refractivity contribution in [2.75, 3.05) is 0 Å². The van der Waals surface area contributed by atoms with Crippen LogP contribution in [0.5, 0.6) is 0 Å². The molecule has 0 atom stereocenters. The normalized spacial score (nSPS) is 11.2. The maximum atomic E-state index is 12.6. The van der Waals surface area contributed by atoms with Gasteiger partial charge in [0.15, 0.2) is 5.11 Å². The van der Waals surface area contributed by atoms with Gasteiger partial charge in [0.25, 0.3) is 5.91 Å². The first-order valence-electron chi connectivity index (χ1n) is 8.55. The summed E-state index contributed by atoms with van der Waals surface area (Å²) >= 11 is 5.18. The number of nitrogens with one attached hydrogen (secondary N) is 3. The molecule has 140 valence electrons. The van der Waals surface area contributed by atoms with Crippen molar-refractivity contribution in [3.8, 4) is 0 Å². The first-order chi connectivity index (χ1) is 12.1. The van der Waals surface area contributed by atoms with Crippen LogP contribution in [0.15, 0.2) is 24.3 Å². The molecule has 1 aromatic carbocycles. The first kappa shape index (κ1) is 19.9. The summed E-state index contributed by atoms with van der Waals surface area (Å²) in [5.41, 5.74) is 9.62. The zero-order valence-electron chi connectivity index (χ0n) is 16.2. The average molecular weight is 374 g/mol. The first-order valence-corrected chi connectivity index (χ1v) is 8.95. The van der Waals surface area contributed by atoms with Crippen molar-refractivity contribution in [2.45, 2.75) is 53.6 Å². The third kappa shape index (κ3) is 5.29. The quantitative estimate of drug-likeness (QED) is 0.570. The molecule has 0 aliphatic carbocycles. The highest BCUT2D eigenvalue weighted by Gasteiger charge is 2.19. The molecule has 1 aromatic heterocycles. The Hall–Kier alpha value is -2.41. The van der Waals surface area contributed by atoms with Gasteiger partial charge >= 0.3 is 0 Å². The van der Waals surface area contributed by atoms with Crippen molar-refractivity contribution in [1.29, 1.82) is 0 Å². The number of aromatic nitrogens is 2. The summed E-state index contributed by atoms with van der Waals surface area (Å²) < 4.78 is 1.85. The molecule has 6 nitrogen and oxygen atoms in total. The molecule has 7 heteroatoms. The molecule has 2 aromatic rings. The summed E-state index contributed by atoms with van der Waals surface area (Å²) in [4.78, 5) is 12.6. The fraction of sp³-hybridized carbons (Fsp3) is 0.421. The Kier molecular flexibility index (Phi) is 6.02. The fourth-order valence-electron chi connectivity index (χ4n) is 2.59. The van der Waals surface area contributed by atoms with Crippen LogP contribution in [0.2, 0.25) is 0 Å². The minimum Gasteiger partial charge on any atom is -0.357 e. The Morgan fingerprint density at radius 1 is 1.12 bits per heavy atom. The summed E-state index contributed by atoms with van der Waals surface area (Å²) in [7, 11) is 0. The van der Waals surface area contributed by atoms with Crippen LogP contribution in [0.1, 0.15) is 53.6 Å². The number of hydrogen-bond acceptors (Lipinski definition) is 3. The zero-order chi connectivity index (χ0) is 19.5. The second kappa shape index (κ2) is 7.86. The Labute approximate surface area is 160 Å². The molecule has 0 unspecified atom stereocenters. The van der Waals surface area contributed by atoms with Crippen LogP contribution < -0.4 is 16.2 Å². The third-order valence-electron chi connectivity index (χ3n) is 3.84. The molecule has 0 aliphatic heterocycles. The van der Waals surface area contributed by atoms with Crippen LogP contribution in [0, 0.1) is 20.8 Å². The maximum Gasteiger partial charge on any atom is 0.273 e. The van der Waals surface area contributed by atoms with Crippen LogP contribution in [-0.2, 0) is 6.54 Å². The number of amides is 1. The van der Waals surface area contributed by atoms with E-state index in [1.807, 2.05) is 39.3 Å². The van der Waals surface area contributed by atoms with Crippen molar-refractivity contribution in [1.82, 2.24) is 25.9 Å². The van der Waals surface area contributed by atoms with E-state index >= 15 is 0 Å². The topological polar surface area (TPSA) is 71.0 Å². The van der Waals surface area contributed by atoms with Gasteiger partial charge in [0, 0.05) is 11.2 Å². The molecular weight excluding hydrogens is 346 g/mol. The Morgan fingerprint density at radius 2 is 1.73 bits per heavy atom. The minimum atomic E-state index is -0.256. The monoisotopic (exact) mass is 373 g/mol. The van der Waals surface area contributed by atoms with E-state index in [1.165, 1.54) is 5.56 Å². The van der Waals surface area contributed by atoms with Gasteiger partial charge in [-0.3, -0.25) is 20.3 Å². The highest BCUT2D eigenvalue weighted by atomic mass is 32.1. The number of rotatable bonds is 3. The van der Waals surface area contributed by atoms with E-state index in [2.05, 4.69) is 52.5 Å². The smallest absolute Gasteiger partial charge is 0.273 e. The summed E-state index contributed by atoms with van der Waals surface area (Å²) in [6.07, 6.45) is 0. The molecule has 0 radical (unpaired) electrons. The second-order valence-electron chi connectivity index (χ2n) is 7.47. The van der Waals surface area contributed by atoms with Gasteiger partial charge in [-0.25, -0.2) is 0 Å².